The lowest BCUT2D eigenvalue weighted by Crippen LogP contribution is -2.29. The van der Waals surface area contributed by atoms with Crippen LogP contribution in [0.3, 0.4) is 0 Å². The van der Waals surface area contributed by atoms with Crippen LogP contribution in [-0.2, 0) is 0 Å². The lowest BCUT2D eigenvalue weighted by Gasteiger charge is -2.19. The predicted octanol–water partition coefficient (Wildman–Crippen LogP) is 1.11. The average Bonchev–Trinajstić information content (AvgIpc) is 2.18. The monoisotopic (exact) mass is 156 g/mol. The Bertz CT molecular complexity index is 104. The van der Waals surface area contributed by atoms with E-state index in [-0.39, 0.29) is 0 Å². The van der Waals surface area contributed by atoms with Crippen LogP contribution >= 0.6 is 0 Å². The third-order valence-electron chi connectivity index (χ3n) is 2.61. The first-order chi connectivity index (χ1) is 5.34. The highest BCUT2D eigenvalue weighted by atomic mass is 14.9. The molecule has 1 rings (SSSR count). The van der Waals surface area contributed by atoms with Crippen LogP contribution in [0, 0.1) is 5.92 Å². The summed E-state index contributed by atoms with van der Waals surface area (Å²) in [5, 5.41) is 3.39. The number of nitrogens with one attached hydrogen (secondary N) is 1. The van der Waals surface area contributed by atoms with E-state index in [2.05, 4.69) is 12.2 Å². The predicted molar refractivity (Wildman–Crippen MR) is 48.5 cm³/mol. The Hall–Kier alpha value is -0.0800. The average molecular weight is 156 g/mol. The van der Waals surface area contributed by atoms with Gasteiger partial charge in [0.1, 0.15) is 0 Å². The molecule has 66 valence electrons. The van der Waals surface area contributed by atoms with Gasteiger partial charge in [0.2, 0.25) is 0 Å². The number of hydrogen-bond donors (Lipinski definition) is 2. The zero-order valence-corrected chi connectivity index (χ0v) is 7.47. The van der Waals surface area contributed by atoms with Crippen LogP contribution in [0.4, 0.5) is 0 Å². The first kappa shape index (κ1) is 9.01. The fourth-order valence-electron chi connectivity index (χ4n) is 1.86. The van der Waals surface area contributed by atoms with E-state index in [0.29, 0.717) is 6.04 Å². The van der Waals surface area contributed by atoms with Gasteiger partial charge in [-0.25, -0.2) is 0 Å². The minimum absolute atomic E-state index is 0.449. The molecule has 0 aromatic rings. The molecule has 2 heteroatoms. The van der Waals surface area contributed by atoms with Crippen molar-refractivity contribution in [2.24, 2.45) is 11.7 Å². The first-order valence-corrected chi connectivity index (χ1v) is 4.81. The summed E-state index contributed by atoms with van der Waals surface area (Å²) >= 11 is 0. The standard InChI is InChI=1S/C9H20N2/c1-2-3-8-4-6-11-7-5-9(8)10/h8-9,11H,2-7,10H2,1H3. The number of nitrogens with two attached hydrogens (primary N) is 1. The molecule has 2 atom stereocenters. The summed E-state index contributed by atoms with van der Waals surface area (Å²) in [7, 11) is 0. The molecule has 1 saturated heterocycles. The molecule has 0 aromatic carbocycles. The maximum absolute atomic E-state index is 6.03. The van der Waals surface area contributed by atoms with Crippen LogP contribution in [0.15, 0.2) is 0 Å². The van der Waals surface area contributed by atoms with E-state index in [1.165, 1.54) is 25.8 Å². The smallest absolute Gasteiger partial charge is 0.00797 e. The van der Waals surface area contributed by atoms with E-state index in [1.54, 1.807) is 0 Å². The van der Waals surface area contributed by atoms with Crippen molar-refractivity contribution in [1.29, 1.82) is 0 Å². The van der Waals surface area contributed by atoms with Gasteiger partial charge in [-0.1, -0.05) is 13.3 Å². The van der Waals surface area contributed by atoms with Crippen LogP contribution < -0.4 is 11.1 Å². The first-order valence-electron chi connectivity index (χ1n) is 4.81. The quantitative estimate of drug-likeness (QED) is 0.628. The lowest BCUT2D eigenvalue weighted by atomic mass is 9.91. The summed E-state index contributed by atoms with van der Waals surface area (Å²) in [6, 6.07) is 0.449. The Balaban J connectivity index is 2.32. The molecule has 11 heavy (non-hydrogen) atoms. The van der Waals surface area contributed by atoms with Crippen molar-refractivity contribution >= 4 is 0 Å². The molecule has 0 aliphatic carbocycles. The van der Waals surface area contributed by atoms with Gasteiger partial charge in [-0.2, -0.15) is 0 Å². The fraction of sp³-hybridized carbons (Fsp3) is 1.00. The SMILES string of the molecule is CCCC1CCNCCC1N. The minimum atomic E-state index is 0.449. The molecule has 1 heterocycles. The van der Waals surface area contributed by atoms with Crippen molar-refractivity contribution in [3.63, 3.8) is 0 Å². The molecule has 1 aliphatic heterocycles. The van der Waals surface area contributed by atoms with E-state index in [9.17, 15) is 0 Å². The highest BCUT2D eigenvalue weighted by molar-refractivity contribution is 4.77. The van der Waals surface area contributed by atoms with Crippen molar-refractivity contribution in [2.45, 2.75) is 38.6 Å². The van der Waals surface area contributed by atoms with E-state index in [0.717, 1.165) is 18.9 Å². The zero-order valence-electron chi connectivity index (χ0n) is 7.47. The molecule has 0 radical (unpaired) electrons. The van der Waals surface area contributed by atoms with Gasteiger partial charge >= 0.3 is 0 Å². The van der Waals surface area contributed by atoms with Gasteiger partial charge in [-0.05, 0) is 38.3 Å². The molecule has 1 aliphatic rings. The topological polar surface area (TPSA) is 38.0 Å². The Morgan fingerprint density at radius 3 is 2.82 bits per heavy atom. The van der Waals surface area contributed by atoms with Crippen molar-refractivity contribution in [3.8, 4) is 0 Å². The van der Waals surface area contributed by atoms with Gasteiger partial charge in [-0.15, -0.1) is 0 Å². The summed E-state index contributed by atoms with van der Waals surface area (Å²) in [4.78, 5) is 0. The van der Waals surface area contributed by atoms with Gasteiger partial charge in [0.15, 0.2) is 0 Å². The maximum Gasteiger partial charge on any atom is 0.00797 e. The Kier molecular flexibility index (Phi) is 3.87. The summed E-state index contributed by atoms with van der Waals surface area (Å²) in [5.41, 5.74) is 6.03. The molecular weight excluding hydrogens is 136 g/mol. The summed E-state index contributed by atoms with van der Waals surface area (Å²) < 4.78 is 0. The highest BCUT2D eigenvalue weighted by Gasteiger charge is 2.18. The van der Waals surface area contributed by atoms with Crippen LogP contribution in [0.2, 0.25) is 0 Å². The maximum atomic E-state index is 6.03. The molecule has 0 aromatic heterocycles. The fourth-order valence-corrected chi connectivity index (χ4v) is 1.86. The van der Waals surface area contributed by atoms with E-state index in [4.69, 9.17) is 5.73 Å². The second-order valence-electron chi connectivity index (χ2n) is 3.54. The molecule has 1 fully saturated rings. The second kappa shape index (κ2) is 4.73. The summed E-state index contributed by atoms with van der Waals surface area (Å²) in [6.07, 6.45) is 5.01. The lowest BCUT2D eigenvalue weighted by molar-refractivity contribution is 0.378. The van der Waals surface area contributed by atoms with E-state index < -0.39 is 0 Å². The van der Waals surface area contributed by atoms with Gasteiger partial charge in [0, 0.05) is 6.04 Å². The largest absolute Gasteiger partial charge is 0.327 e. The Morgan fingerprint density at radius 1 is 1.36 bits per heavy atom. The van der Waals surface area contributed by atoms with Crippen LogP contribution in [0.5, 0.6) is 0 Å². The Morgan fingerprint density at radius 2 is 2.09 bits per heavy atom. The molecule has 0 saturated carbocycles. The third kappa shape index (κ3) is 2.80. The van der Waals surface area contributed by atoms with Crippen molar-refractivity contribution < 1.29 is 0 Å². The van der Waals surface area contributed by atoms with Crippen molar-refractivity contribution in [2.75, 3.05) is 13.1 Å². The molecule has 0 bridgehead atoms. The van der Waals surface area contributed by atoms with E-state index in [1.807, 2.05) is 0 Å². The Labute approximate surface area is 69.5 Å². The number of hydrogen-bond acceptors (Lipinski definition) is 2. The van der Waals surface area contributed by atoms with Gasteiger partial charge < -0.3 is 11.1 Å². The second-order valence-corrected chi connectivity index (χ2v) is 3.54. The molecule has 3 N–H and O–H groups in total. The van der Waals surface area contributed by atoms with Crippen LogP contribution in [0.25, 0.3) is 0 Å². The molecular formula is C9H20N2. The molecule has 0 amide bonds. The van der Waals surface area contributed by atoms with Gasteiger partial charge in [0.25, 0.3) is 0 Å². The molecule has 2 nitrogen and oxygen atoms in total. The van der Waals surface area contributed by atoms with Crippen molar-refractivity contribution in [1.82, 2.24) is 5.32 Å². The number of rotatable bonds is 2. The summed E-state index contributed by atoms with van der Waals surface area (Å²) in [5.74, 6) is 0.773. The van der Waals surface area contributed by atoms with Gasteiger partial charge in [-0.3, -0.25) is 0 Å². The normalized spacial score (nSPS) is 33.3. The van der Waals surface area contributed by atoms with Crippen LogP contribution in [0.1, 0.15) is 32.6 Å². The van der Waals surface area contributed by atoms with Gasteiger partial charge in [0.05, 0.1) is 0 Å². The molecule has 0 spiro atoms. The summed E-state index contributed by atoms with van der Waals surface area (Å²) in [6.45, 7) is 4.52. The van der Waals surface area contributed by atoms with Crippen LogP contribution in [-0.4, -0.2) is 19.1 Å². The zero-order chi connectivity index (χ0) is 8.10. The third-order valence-corrected chi connectivity index (χ3v) is 2.61. The highest BCUT2D eigenvalue weighted by Crippen LogP contribution is 2.17. The van der Waals surface area contributed by atoms with E-state index >= 15 is 0 Å². The minimum Gasteiger partial charge on any atom is -0.327 e. The van der Waals surface area contributed by atoms with Crippen molar-refractivity contribution in [3.05, 3.63) is 0 Å². The molecule has 2 unspecified atom stereocenters.